The highest BCUT2D eigenvalue weighted by molar-refractivity contribution is 7.11. The zero-order valence-corrected chi connectivity index (χ0v) is 14.0. The van der Waals surface area contributed by atoms with Crippen LogP contribution in [-0.4, -0.2) is 36.0 Å². The molecule has 1 N–H and O–H groups in total. The molecule has 1 aliphatic rings. The minimum absolute atomic E-state index is 0.740. The third kappa shape index (κ3) is 3.72. The maximum atomic E-state index is 4.48. The van der Waals surface area contributed by atoms with E-state index < -0.39 is 0 Å². The normalized spacial score (nSPS) is 24.1. The van der Waals surface area contributed by atoms with Crippen LogP contribution < -0.4 is 5.32 Å². The maximum absolute atomic E-state index is 4.48. The molecule has 0 bridgehead atoms. The van der Waals surface area contributed by atoms with E-state index in [2.05, 4.69) is 47.9 Å². The van der Waals surface area contributed by atoms with Crippen molar-refractivity contribution in [2.24, 2.45) is 16.8 Å². The van der Waals surface area contributed by atoms with Crippen LogP contribution in [-0.2, 0) is 6.54 Å². The number of hydrogen-bond donors (Lipinski definition) is 1. The highest BCUT2D eigenvalue weighted by atomic mass is 32.1. The number of nitrogens with zero attached hydrogens (tertiary/aromatic N) is 3. The molecular formula is C15H26N4S. The lowest BCUT2D eigenvalue weighted by atomic mass is 9.92. The Morgan fingerprint density at radius 3 is 2.50 bits per heavy atom. The number of piperidine rings is 1. The van der Waals surface area contributed by atoms with Crippen molar-refractivity contribution >= 4 is 17.3 Å². The van der Waals surface area contributed by atoms with Crippen molar-refractivity contribution in [3.63, 3.8) is 0 Å². The van der Waals surface area contributed by atoms with Crippen LogP contribution in [0.2, 0.25) is 0 Å². The van der Waals surface area contributed by atoms with Crippen molar-refractivity contribution in [3.8, 4) is 0 Å². The Labute approximate surface area is 126 Å². The molecule has 0 aromatic carbocycles. The van der Waals surface area contributed by atoms with Crippen LogP contribution in [0.4, 0.5) is 0 Å². The van der Waals surface area contributed by atoms with Gasteiger partial charge in [0.25, 0.3) is 0 Å². The smallest absolute Gasteiger partial charge is 0.193 e. The first-order valence-corrected chi connectivity index (χ1v) is 8.19. The molecule has 1 fully saturated rings. The highest BCUT2D eigenvalue weighted by Crippen LogP contribution is 2.21. The summed E-state index contributed by atoms with van der Waals surface area (Å²) in [6, 6.07) is 0. The molecule has 0 aliphatic carbocycles. The van der Waals surface area contributed by atoms with E-state index in [0.717, 1.165) is 48.1 Å². The van der Waals surface area contributed by atoms with Gasteiger partial charge in [-0.2, -0.15) is 0 Å². The Bertz CT molecular complexity index is 470. The summed E-state index contributed by atoms with van der Waals surface area (Å²) in [5, 5.41) is 4.63. The second-order valence-electron chi connectivity index (χ2n) is 5.99. The topological polar surface area (TPSA) is 40.5 Å². The van der Waals surface area contributed by atoms with Gasteiger partial charge in [-0.1, -0.05) is 13.8 Å². The minimum atomic E-state index is 0.740. The van der Waals surface area contributed by atoms with Gasteiger partial charge in [-0.05, 0) is 32.1 Å². The first-order valence-electron chi connectivity index (χ1n) is 7.38. The molecule has 1 aliphatic heterocycles. The van der Waals surface area contributed by atoms with Crippen LogP contribution in [0, 0.1) is 25.7 Å². The first kappa shape index (κ1) is 15.3. The molecule has 112 valence electrons. The van der Waals surface area contributed by atoms with Crippen molar-refractivity contribution in [1.82, 2.24) is 15.2 Å². The number of rotatable bonds is 2. The Balaban J connectivity index is 1.97. The van der Waals surface area contributed by atoms with Gasteiger partial charge < -0.3 is 10.2 Å². The third-order valence-electron chi connectivity index (χ3n) is 3.79. The summed E-state index contributed by atoms with van der Waals surface area (Å²) in [4.78, 5) is 12.6. The van der Waals surface area contributed by atoms with E-state index in [1.54, 1.807) is 11.3 Å². The molecule has 1 saturated heterocycles. The van der Waals surface area contributed by atoms with Crippen LogP contribution in [0.1, 0.15) is 35.8 Å². The van der Waals surface area contributed by atoms with Crippen LogP contribution in [0.5, 0.6) is 0 Å². The molecule has 20 heavy (non-hydrogen) atoms. The molecule has 0 saturated carbocycles. The summed E-state index contributed by atoms with van der Waals surface area (Å²) in [5.41, 5.74) is 1.14. The lowest BCUT2D eigenvalue weighted by Gasteiger charge is -2.37. The number of guanidine groups is 1. The number of nitrogens with one attached hydrogen (secondary N) is 1. The van der Waals surface area contributed by atoms with Crippen molar-refractivity contribution in [2.75, 3.05) is 20.1 Å². The molecule has 0 radical (unpaired) electrons. The van der Waals surface area contributed by atoms with Crippen LogP contribution in [0.25, 0.3) is 0 Å². The van der Waals surface area contributed by atoms with Crippen molar-refractivity contribution in [2.45, 2.75) is 40.7 Å². The fraction of sp³-hybridized carbons (Fsp3) is 0.733. The lowest BCUT2D eigenvalue weighted by Crippen LogP contribution is -2.48. The van der Waals surface area contributed by atoms with Gasteiger partial charge in [0.05, 0.1) is 17.2 Å². The lowest BCUT2D eigenvalue weighted by molar-refractivity contribution is 0.208. The van der Waals surface area contributed by atoms with E-state index in [1.807, 2.05) is 7.05 Å². The molecule has 0 spiro atoms. The van der Waals surface area contributed by atoms with Gasteiger partial charge >= 0.3 is 0 Å². The van der Waals surface area contributed by atoms with E-state index in [9.17, 15) is 0 Å². The van der Waals surface area contributed by atoms with Crippen molar-refractivity contribution in [3.05, 3.63) is 15.6 Å². The predicted octanol–water partition coefficient (Wildman–Crippen LogP) is 2.81. The summed E-state index contributed by atoms with van der Waals surface area (Å²) < 4.78 is 0. The zero-order chi connectivity index (χ0) is 14.7. The largest absolute Gasteiger partial charge is 0.351 e. The summed E-state index contributed by atoms with van der Waals surface area (Å²) in [5.74, 6) is 2.50. The van der Waals surface area contributed by atoms with E-state index in [-0.39, 0.29) is 0 Å². The third-order valence-corrected chi connectivity index (χ3v) is 4.86. The van der Waals surface area contributed by atoms with E-state index >= 15 is 0 Å². The molecule has 2 unspecified atom stereocenters. The highest BCUT2D eigenvalue weighted by Gasteiger charge is 2.24. The second-order valence-corrected chi connectivity index (χ2v) is 7.28. The number of hydrogen-bond acceptors (Lipinski definition) is 3. The number of aryl methyl sites for hydroxylation is 2. The summed E-state index contributed by atoms with van der Waals surface area (Å²) in [7, 11) is 1.87. The van der Waals surface area contributed by atoms with Gasteiger partial charge in [-0.15, -0.1) is 11.3 Å². The Morgan fingerprint density at radius 2 is 2.00 bits per heavy atom. The minimum Gasteiger partial charge on any atom is -0.351 e. The van der Waals surface area contributed by atoms with Crippen molar-refractivity contribution < 1.29 is 0 Å². The van der Waals surface area contributed by atoms with Crippen molar-refractivity contribution in [1.29, 1.82) is 0 Å². The average molecular weight is 294 g/mol. The molecule has 2 atom stereocenters. The van der Waals surface area contributed by atoms with Gasteiger partial charge in [0, 0.05) is 25.0 Å². The Morgan fingerprint density at radius 1 is 1.35 bits per heavy atom. The number of aromatic nitrogens is 1. The number of thiazole rings is 1. The van der Waals surface area contributed by atoms with Gasteiger partial charge in [-0.3, -0.25) is 4.99 Å². The summed E-state index contributed by atoms with van der Waals surface area (Å²) in [6.07, 6.45) is 1.32. The maximum Gasteiger partial charge on any atom is 0.193 e. The SMILES string of the molecule is CN=C(NCc1sc(C)nc1C)N1CC(C)CC(C)C1. The molecule has 1 aromatic heterocycles. The number of aliphatic imine (C=N–C) groups is 1. The summed E-state index contributed by atoms with van der Waals surface area (Å²) in [6.45, 7) is 11.8. The molecule has 4 nitrogen and oxygen atoms in total. The van der Waals surface area contributed by atoms with Gasteiger partial charge in [-0.25, -0.2) is 4.98 Å². The Hall–Kier alpha value is -1.10. The van der Waals surface area contributed by atoms with Crippen LogP contribution in [0.15, 0.2) is 4.99 Å². The fourth-order valence-electron chi connectivity index (χ4n) is 3.06. The van der Waals surface area contributed by atoms with Gasteiger partial charge in [0.15, 0.2) is 5.96 Å². The van der Waals surface area contributed by atoms with Crippen LogP contribution in [0.3, 0.4) is 0 Å². The second kappa shape index (κ2) is 6.57. The van der Waals surface area contributed by atoms with E-state index in [4.69, 9.17) is 0 Å². The molecule has 0 amide bonds. The zero-order valence-electron chi connectivity index (χ0n) is 13.2. The van der Waals surface area contributed by atoms with Gasteiger partial charge in [0.1, 0.15) is 0 Å². The van der Waals surface area contributed by atoms with Crippen LogP contribution >= 0.6 is 11.3 Å². The van der Waals surface area contributed by atoms with E-state index in [1.165, 1.54) is 11.3 Å². The van der Waals surface area contributed by atoms with Gasteiger partial charge in [0.2, 0.25) is 0 Å². The number of likely N-dealkylation sites (tertiary alicyclic amines) is 1. The molecule has 2 heterocycles. The first-order chi connectivity index (χ1) is 9.49. The van der Waals surface area contributed by atoms with E-state index in [0.29, 0.717) is 0 Å². The molecule has 2 rings (SSSR count). The average Bonchev–Trinajstić information content (AvgIpc) is 2.67. The molecule has 5 heteroatoms. The Kier molecular flexibility index (Phi) is 5.02. The summed E-state index contributed by atoms with van der Waals surface area (Å²) >= 11 is 1.77. The molecule has 1 aromatic rings. The monoisotopic (exact) mass is 294 g/mol. The standard InChI is InChI=1S/C15H26N4S/c1-10-6-11(2)9-19(8-10)15(16-5)17-7-14-12(3)18-13(4)20-14/h10-11H,6-9H2,1-5H3,(H,16,17). The predicted molar refractivity (Wildman–Crippen MR) is 86.3 cm³/mol. The quantitative estimate of drug-likeness (QED) is 0.673. The molecular weight excluding hydrogens is 268 g/mol. The fourth-order valence-corrected chi connectivity index (χ4v) is 3.94.